The number of anilines is 1. The zero-order valence-corrected chi connectivity index (χ0v) is 18.4. The summed E-state index contributed by atoms with van der Waals surface area (Å²) in [7, 11) is -1.99. The zero-order valence-electron chi connectivity index (χ0n) is 16.0. The van der Waals surface area contributed by atoms with Crippen molar-refractivity contribution in [1.82, 2.24) is 4.90 Å². The van der Waals surface area contributed by atoms with Crippen molar-refractivity contribution in [3.05, 3.63) is 58.1 Å². The topological polar surface area (TPSA) is 84.9 Å². The Hall–Kier alpha value is -2.00. The van der Waals surface area contributed by atoms with Gasteiger partial charge in [0.15, 0.2) is 0 Å². The van der Waals surface area contributed by atoms with Crippen molar-refractivity contribution >= 4 is 45.0 Å². The molecule has 0 heterocycles. The number of halogens is 2. The molecule has 0 aliphatic carbocycles. The molecule has 0 aliphatic heterocycles. The van der Waals surface area contributed by atoms with Crippen molar-refractivity contribution in [3.63, 3.8) is 0 Å². The van der Waals surface area contributed by atoms with E-state index in [2.05, 4.69) is 5.32 Å². The second-order valence-electron chi connectivity index (χ2n) is 6.26. The molecule has 0 radical (unpaired) electrons. The van der Waals surface area contributed by atoms with E-state index in [-0.39, 0.29) is 11.8 Å². The lowest BCUT2D eigenvalue weighted by molar-refractivity contribution is 0.171. The van der Waals surface area contributed by atoms with E-state index in [9.17, 15) is 13.2 Å². The highest BCUT2D eigenvalue weighted by Crippen LogP contribution is 2.25. The van der Waals surface area contributed by atoms with Crippen LogP contribution in [0.25, 0.3) is 0 Å². The number of rotatable bonds is 9. The van der Waals surface area contributed by atoms with Crippen LogP contribution in [0.1, 0.15) is 12.0 Å². The van der Waals surface area contributed by atoms with Crippen molar-refractivity contribution in [2.45, 2.75) is 13.0 Å². The Labute approximate surface area is 180 Å². The molecule has 0 aromatic heterocycles. The van der Waals surface area contributed by atoms with Gasteiger partial charge < -0.3 is 19.1 Å². The Morgan fingerprint density at radius 3 is 2.38 bits per heavy atom. The van der Waals surface area contributed by atoms with Crippen molar-refractivity contribution in [3.8, 4) is 5.75 Å². The number of amides is 2. The first-order valence-corrected chi connectivity index (χ1v) is 11.2. The highest BCUT2D eigenvalue weighted by Gasteiger charge is 2.15. The van der Waals surface area contributed by atoms with Crippen LogP contribution in [0.4, 0.5) is 10.5 Å². The monoisotopic (exact) mass is 460 g/mol. The first kappa shape index (κ1) is 23.3. The summed E-state index contributed by atoms with van der Waals surface area (Å²) in [6, 6.07) is 11.0. The van der Waals surface area contributed by atoms with E-state index in [4.69, 9.17) is 32.1 Å². The van der Waals surface area contributed by atoms with E-state index in [0.717, 1.165) is 11.8 Å². The van der Waals surface area contributed by atoms with Gasteiger partial charge in [0.2, 0.25) is 0 Å². The van der Waals surface area contributed by atoms with Gasteiger partial charge in [0.1, 0.15) is 5.75 Å². The summed E-state index contributed by atoms with van der Waals surface area (Å²) >= 11 is 11.9. The molecule has 0 aliphatic rings. The summed E-state index contributed by atoms with van der Waals surface area (Å²) in [4.78, 5) is 14.4. The summed E-state index contributed by atoms with van der Waals surface area (Å²) in [6.45, 7) is 1.29. The molecule has 0 bridgehead atoms. The number of carbonyl (C=O) groups excluding carboxylic acids is 1. The minimum Gasteiger partial charge on any atom is -0.385 e. The van der Waals surface area contributed by atoms with Crippen molar-refractivity contribution in [1.29, 1.82) is 0 Å². The molecule has 0 atom stereocenters. The standard InChI is InChI=1S/C19H22Cl2N2O5S/c1-27-11-3-10-23(19(24)22-15-6-9-17(20)18(21)12-15)13-14-4-7-16(8-5-14)28-29(2,25)26/h4-9,12H,3,10-11,13H2,1-2H3,(H,22,24). The molecule has 2 aromatic carbocycles. The van der Waals surface area contributed by atoms with Crippen LogP contribution >= 0.6 is 23.2 Å². The van der Waals surface area contributed by atoms with Crippen LogP contribution < -0.4 is 9.50 Å². The smallest absolute Gasteiger partial charge is 0.322 e. The minimum absolute atomic E-state index is 0.211. The van der Waals surface area contributed by atoms with Gasteiger partial charge in [0.25, 0.3) is 0 Å². The van der Waals surface area contributed by atoms with E-state index in [1.54, 1.807) is 54.5 Å². The highest BCUT2D eigenvalue weighted by molar-refractivity contribution is 7.86. The van der Waals surface area contributed by atoms with Crippen LogP contribution in [-0.4, -0.2) is 45.9 Å². The molecular formula is C19H22Cl2N2O5S. The highest BCUT2D eigenvalue weighted by atomic mass is 35.5. The molecule has 0 fully saturated rings. The summed E-state index contributed by atoms with van der Waals surface area (Å²) in [5, 5.41) is 3.54. The van der Waals surface area contributed by atoms with Gasteiger partial charge in [-0.05, 0) is 42.3 Å². The second-order valence-corrected chi connectivity index (χ2v) is 8.65. The lowest BCUT2D eigenvalue weighted by atomic mass is 10.2. The van der Waals surface area contributed by atoms with Gasteiger partial charge in [-0.1, -0.05) is 35.3 Å². The number of carbonyl (C=O) groups is 1. The van der Waals surface area contributed by atoms with Crippen LogP contribution in [0.5, 0.6) is 5.75 Å². The van der Waals surface area contributed by atoms with Crippen LogP contribution in [0.15, 0.2) is 42.5 Å². The number of hydrogen-bond acceptors (Lipinski definition) is 5. The second kappa shape index (κ2) is 10.7. The number of methoxy groups -OCH3 is 1. The molecule has 2 rings (SSSR count). The Balaban J connectivity index is 2.09. The number of urea groups is 1. The molecule has 0 saturated heterocycles. The van der Waals surface area contributed by atoms with Gasteiger partial charge in [-0.25, -0.2) is 4.79 Å². The Morgan fingerprint density at radius 2 is 1.79 bits per heavy atom. The van der Waals surface area contributed by atoms with Gasteiger partial charge in [0.05, 0.1) is 16.3 Å². The van der Waals surface area contributed by atoms with Gasteiger partial charge >= 0.3 is 16.1 Å². The SMILES string of the molecule is COCCCN(Cc1ccc(OS(C)(=O)=O)cc1)C(=O)Nc1ccc(Cl)c(Cl)c1. The predicted octanol–water partition coefficient (Wildman–Crippen LogP) is 4.40. The van der Waals surface area contributed by atoms with Crippen molar-refractivity contribution in [2.75, 3.05) is 31.8 Å². The molecule has 0 unspecified atom stereocenters. The van der Waals surface area contributed by atoms with E-state index in [0.29, 0.717) is 41.8 Å². The molecule has 7 nitrogen and oxygen atoms in total. The van der Waals surface area contributed by atoms with Crippen LogP contribution in [-0.2, 0) is 21.4 Å². The summed E-state index contributed by atoms with van der Waals surface area (Å²) < 4.78 is 32.3. The molecule has 2 amide bonds. The van der Waals surface area contributed by atoms with E-state index >= 15 is 0 Å². The average molecular weight is 461 g/mol. The first-order chi connectivity index (χ1) is 13.7. The summed E-state index contributed by atoms with van der Waals surface area (Å²) in [6.07, 6.45) is 1.63. The number of hydrogen-bond donors (Lipinski definition) is 1. The molecule has 29 heavy (non-hydrogen) atoms. The Kier molecular flexibility index (Phi) is 8.58. The normalized spacial score (nSPS) is 11.2. The Bertz CT molecular complexity index is 936. The molecular weight excluding hydrogens is 439 g/mol. The van der Waals surface area contributed by atoms with Crippen molar-refractivity contribution in [2.24, 2.45) is 0 Å². The molecule has 10 heteroatoms. The maximum Gasteiger partial charge on any atom is 0.322 e. The fourth-order valence-electron chi connectivity index (χ4n) is 2.47. The lowest BCUT2D eigenvalue weighted by Gasteiger charge is -2.23. The quantitative estimate of drug-likeness (QED) is 0.442. The number of ether oxygens (including phenoxy) is 1. The third-order valence-electron chi connectivity index (χ3n) is 3.78. The molecule has 2 aromatic rings. The third-order valence-corrected chi connectivity index (χ3v) is 5.01. The van der Waals surface area contributed by atoms with Gasteiger partial charge in [-0.2, -0.15) is 8.42 Å². The predicted molar refractivity (Wildman–Crippen MR) is 114 cm³/mol. The fourth-order valence-corrected chi connectivity index (χ4v) is 3.23. The lowest BCUT2D eigenvalue weighted by Crippen LogP contribution is -2.35. The molecule has 1 N–H and O–H groups in total. The minimum atomic E-state index is -3.59. The van der Waals surface area contributed by atoms with E-state index < -0.39 is 10.1 Å². The van der Waals surface area contributed by atoms with E-state index in [1.165, 1.54) is 0 Å². The summed E-state index contributed by atoms with van der Waals surface area (Å²) in [5.74, 6) is 0.211. The molecule has 158 valence electrons. The summed E-state index contributed by atoms with van der Waals surface area (Å²) in [5.41, 5.74) is 1.34. The van der Waals surface area contributed by atoms with Gasteiger partial charge in [0, 0.05) is 32.5 Å². The van der Waals surface area contributed by atoms with Crippen LogP contribution in [0.3, 0.4) is 0 Å². The maximum atomic E-state index is 12.8. The van der Waals surface area contributed by atoms with Crippen LogP contribution in [0, 0.1) is 0 Å². The largest absolute Gasteiger partial charge is 0.385 e. The molecule has 0 spiro atoms. The number of benzene rings is 2. The van der Waals surface area contributed by atoms with Crippen molar-refractivity contribution < 1.29 is 22.1 Å². The maximum absolute atomic E-state index is 12.8. The fraction of sp³-hybridized carbons (Fsp3) is 0.316. The Morgan fingerprint density at radius 1 is 1.10 bits per heavy atom. The van der Waals surface area contributed by atoms with E-state index in [1.807, 2.05) is 0 Å². The number of nitrogens with zero attached hydrogens (tertiary/aromatic N) is 1. The van der Waals surface area contributed by atoms with Gasteiger partial charge in [-0.15, -0.1) is 0 Å². The average Bonchev–Trinajstić information content (AvgIpc) is 2.64. The van der Waals surface area contributed by atoms with Gasteiger partial charge in [-0.3, -0.25) is 0 Å². The number of nitrogens with one attached hydrogen (secondary N) is 1. The zero-order chi connectivity index (χ0) is 21.4. The first-order valence-electron chi connectivity index (χ1n) is 8.66. The van der Waals surface area contributed by atoms with Crippen LogP contribution in [0.2, 0.25) is 10.0 Å². The molecule has 0 saturated carbocycles. The third kappa shape index (κ3) is 8.10.